The maximum Gasteiger partial charge on any atom is 1.00 e. The second-order valence-electron chi connectivity index (χ2n) is 4.23. The molecule has 6 heteroatoms. The number of aryl methyl sites for hydroxylation is 2. The second kappa shape index (κ2) is 7.15. The molecule has 0 N–H and O–H groups in total. The Morgan fingerprint density at radius 2 is 1.78 bits per heavy atom. The van der Waals surface area contributed by atoms with Crippen molar-refractivity contribution in [3.63, 3.8) is 0 Å². The normalized spacial score (nSPS) is 10.8. The summed E-state index contributed by atoms with van der Waals surface area (Å²) in [6.45, 7) is 3.07. The van der Waals surface area contributed by atoms with Crippen LogP contribution in [0.15, 0.2) is 24.2 Å². The molecule has 18 heavy (non-hydrogen) atoms. The van der Waals surface area contributed by atoms with Gasteiger partial charge in [0.2, 0.25) is 0 Å². The minimum absolute atomic E-state index is 0. The van der Waals surface area contributed by atoms with Gasteiger partial charge >= 0.3 is 58.4 Å². The van der Waals surface area contributed by atoms with Gasteiger partial charge in [-0.15, -0.1) is 12.1 Å². The van der Waals surface area contributed by atoms with Crippen molar-refractivity contribution in [1.29, 1.82) is 0 Å². The van der Waals surface area contributed by atoms with Gasteiger partial charge in [-0.3, -0.25) is 0 Å². The summed E-state index contributed by atoms with van der Waals surface area (Å²) in [5.74, 6) is 0.490. The van der Waals surface area contributed by atoms with Gasteiger partial charge in [0.05, 0.1) is 6.61 Å². The van der Waals surface area contributed by atoms with Crippen LogP contribution in [-0.4, -0.2) is 13.6 Å². The largest absolute Gasteiger partial charge is 1.00 e. The quantitative estimate of drug-likeness (QED) is 0.747. The fourth-order valence-corrected chi connectivity index (χ4v) is 1.42. The molecule has 0 fully saturated rings. The molecule has 1 aromatic carbocycles. The Morgan fingerprint density at radius 1 is 1.22 bits per heavy atom. The van der Waals surface area contributed by atoms with Crippen molar-refractivity contribution in [2.24, 2.45) is 0 Å². The van der Waals surface area contributed by atoms with Gasteiger partial charge in [0.25, 0.3) is 0 Å². The molecule has 0 bridgehead atoms. The SMILES string of the molecule is C=C(COc1cc(C)cc(C)c1C)[B-](F)(F)F.[K+]. The van der Waals surface area contributed by atoms with E-state index in [0.717, 1.165) is 16.7 Å². The van der Waals surface area contributed by atoms with Crippen molar-refractivity contribution in [1.82, 2.24) is 0 Å². The number of hydrogen-bond donors (Lipinski definition) is 0. The number of rotatable bonds is 4. The average Bonchev–Trinajstić information content (AvgIpc) is 2.19. The average molecular weight is 282 g/mol. The van der Waals surface area contributed by atoms with Crippen LogP contribution in [0.25, 0.3) is 0 Å². The topological polar surface area (TPSA) is 9.23 Å². The molecular formula is C12H15BF3KO. The number of benzene rings is 1. The van der Waals surface area contributed by atoms with Crippen molar-refractivity contribution < 1.29 is 69.1 Å². The summed E-state index contributed by atoms with van der Waals surface area (Å²) in [4.78, 5) is 0. The molecule has 0 saturated heterocycles. The van der Waals surface area contributed by atoms with Gasteiger partial charge in [-0.25, -0.2) is 0 Å². The van der Waals surface area contributed by atoms with Crippen molar-refractivity contribution in [2.75, 3.05) is 6.61 Å². The molecule has 0 aliphatic heterocycles. The molecule has 1 nitrogen and oxygen atoms in total. The number of halogens is 3. The fraction of sp³-hybridized carbons (Fsp3) is 0.333. The summed E-state index contributed by atoms with van der Waals surface area (Å²) >= 11 is 0. The van der Waals surface area contributed by atoms with Crippen LogP contribution in [0, 0.1) is 20.8 Å². The molecule has 0 aromatic heterocycles. The van der Waals surface area contributed by atoms with Gasteiger partial charge in [-0.05, 0) is 43.5 Å². The molecule has 0 aliphatic carbocycles. The van der Waals surface area contributed by atoms with Gasteiger partial charge in [0.15, 0.2) is 0 Å². The Balaban J connectivity index is 0.00000289. The summed E-state index contributed by atoms with van der Waals surface area (Å²) in [5.41, 5.74) is 2.01. The van der Waals surface area contributed by atoms with E-state index in [9.17, 15) is 12.9 Å². The molecule has 0 heterocycles. The molecule has 0 saturated carbocycles. The number of hydrogen-bond acceptors (Lipinski definition) is 1. The number of ether oxygens (including phenoxy) is 1. The van der Waals surface area contributed by atoms with Crippen molar-refractivity contribution in [2.45, 2.75) is 20.8 Å². The van der Waals surface area contributed by atoms with Gasteiger partial charge < -0.3 is 17.7 Å². The van der Waals surface area contributed by atoms with E-state index in [1.165, 1.54) is 0 Å². The molecule has 0 unspecified atom stereocenters. The van der Waals surface area contributed by atoms with E-state index in [-0.39, 0.29) is 51.4 Å². The third-order valence-corrected chi connectivity index (χ3v) is 2.64. The summed E-state index contributed by atoms with van der Waals surface area (Å²) in [5, 5.41) is 0. The molecule has 0 atom stereocenters. The third kappa shape index (κ3) is 5.09. The predicted molar refractivity (Wildman–Crippen MR) is 64.4 cm³/mol. The predicted octanol–water partition coefficient (Wildman–Crippen LogP) is 0.937. The van der Waals surface area contributed by atoms with E-state index in [2.05, 4.69) is 6.58 Å². The van der Waals surface area contributed by atoms with Crippen LogP contribution in [0.4, 0.5) is 12.9 Å². The van der Waals surface area contributed by atoms with Crippen LogP contribution >= 0.6 is 0 Å². The molecule has 1 aromatic rings. The Kier molecular flexibility index (Phi) is 7.25. The maximum absolute atomic E-state index is 12.3. The van der Waals surface area contributed by atoms with Crippen molar-refractivity contribution in [3.8, 4) is 5.75 Å². The second-order valence-corrected chi connectivity index (χ2v) is 4.23. The van der Waals surface area contributed by atoms with E-state index < -0.39 is 19.1 Å². The van der Waals surface area contributed by atoms with E-state index in [1.807, 2.05) is 26.8 Å². The van der Waals surface area contributed by atoms with Crippen molar-refractivity contribution in [3.05, 3.63) is 40.9 Å². The van der Waals surface area contributed by atoms with Gasteiger partial charge in [-0.2, -0.15) is 0 Å². The molecule has 94 valence electrons. The molecule has 0 radical (unpaired) electrons. The van der Waals surface area contributed by atoms with E-state index >= 15 is 0 Å². The standard InChI is InChI=1S/C12H15BF3O.K/c1-8-5-9(2)11(4)12(6-8)17-7-10(3)13(14,15)16;/h5-6H,3,7H2,1-2,4H3;/q-1;+1. The van der Waals surface area contributed by atoms with E-state index in [1.54, 1.807) is 6.07 Å². The first-order chi connectivity index (χ1) is 7.71. The minimum Gasteiger partial charge on any atom is -0.492 e. The van der Waals surface area contributed by atoms with Crippen LogP contribution in [0.2, 0.25) is 0 Å². The van der Waals surface area contributed by atoms with Crippen LogP contribution in [0.1, 0.15) is 16.7 Å². The Morgan fingerprint density at radius 3 is 2.28 bits per heavy atom. The van der Waals surface area contributed by atoms with Gasteiger partial charge in [0.1, 0.15) is 5.75 Å². The third-order valence-electron chi connectivity index (χ3n) is 2.64. The Labute approximate surface area is 148 Å². The van der Waals surface area contributed by atoms with Crippen molar-refractivity contribution >= 4 is 6.98 Å². The fourth-order valence-electron chi connectivity index (χ4n) is 1.42. The van der Waals surface area contributed by atoms with Crippen LogP contribution in [0.3, 0.4) is 0 Å². The Bertz CT molecular complexity index is 444. The molecular weight excluding hydrogens is 267 g/mol. The first-order valence-electron chi connectivity index (χ1n) is 5.30. The zero-order chi connectivity index (χ0) is 13.2. The van der Waals surface area contributed by atoms with Crippen LogP contribution in [0.5, 0.6) is 5.75 Å². The van der Waals surface area contributed by atoms with Crippen LogP contribution < -0.4 is 56.1 Å². The first-order valence-corrected chi connectivity index (χ1v) is 5.30. The smallest absolute Gasteiger partial charge is 0.492 e. The summed E-state index contributed by atoms with van der Waals surface area (Å²) < 4.78 is 42.1. The molecule has 0 amide bonds. The maximum atomic E-state index is 12.3. The zero-order valence-electron chi connectivity index (χ0n) is 11.2. The van der Waals surface area contributed by atoms with Gasteiger partial charge in [-0.1, -0.05) is 6.07 Å². The van der Waals surface area contributed by atoms with Gasteiger partial charge in [0, 0.05) is 0 Å². The molecule has 0 aliphatic rings. The van der Waals surface area contributed by atoms with Crippen LogP contribution in [-0.2, 0) is 0 Å². The minimum atomic E-state index is -5.02. The van der Waals surface area contributed by atoms with E-state index in [0.29, 0.717) is 5.75 Å². The summed E-state index contributed by atoms with van der Waals surface area (Å²) in [6.07, 6.45) is 0. The zero-order valence-corrected chi connectivity index (χ0v) is 14.3. The van der Waals surface area contributed by atoms with E-state index in [4.69, 9.17) is 4.74 Å². The Hall–Kier alpha value is 0.251. The monoisotopic (exact) mass is 282 g/mol. The summed E-state index contributed by atoms with van der Waals surface area (Å²) in [7, 11) is 0. The first kappa shape index (κ1) is 18.3. The molecule has 0 spiro atoms. The summed E-state index contributed by atoms with van der Waals surface area (Å²) in [6, 6.07) is 3.70. The molecule has 1 rings (SSSR count).